The van der Waals surface area contributed by atoms with Gasteiger partial charge in [-0.2, -0.15) is 0 Å². The van der Waals surface area contributed by atoms with Gasteiger partial charge in [0.05, 0.1) is 12.2 Å². The number of hydrogen-bond donors (Lipinski definition) is 1. The summed E-state index contributed by atoms with van der Waals surface area (Å²) in [7, 11) is 1.58. The number of aryl methyl sites for hydroxylation is 1. The van der Waals surface area contributed by atoms with Crippen molar-refractivity contribution < 1.29 is 4.74 Å². The maximum Gasteiger partial charge on any atom is 0.158 e. The molecule has 2 heterocycles. The molecule has 2 aromatic rings. The van der Waals surface area contributed by atoms with Gasteiger partial charge in [-0.25, -0.2) is 19.9 Å². The molecule has 6 nitrogen and oxygen atoms in total. The lowest BCUT2D eigenvalue weighted by molar-refractivity contribution is 0.178. The van der Waals surface area contributed by atoms with Crippen molar-refractivity contribution in [3.05, 3.63) is 40.8 Å². The molecular formula is C12H14ClN5O. The average molecular weight is 280 g/mol. The number of halogens is 1. The average Bonchev–Trinajstić information content (AvgIpc) is 2.36. The van der Waals surface area contributed by atoms with Gasteiger partial charge in [-0.3, -0.25) is 0 Å². The predicted octanol–water partition coefficient (Wildman–Crippen LogP) is 1.99. The summed E-state index contributed by atoms with van der Waals surface area (Å²) in [6.07, 6.45) is 1.72. The fourth-order valence-electron chi connectivity index (χ4n) is 1.53. The quantitative estimate of drug-likeness (QED) is 0.844. The molecule has 2 rings (SSSR count). The molecule has 0 aliphatic heterocycles. The summed E-state index contributed by atoms with van der Waals surface area (Å²) in [5, 5.41) is 3.52. The van der Waals surface area contributed by atoms with Gasteiger partial charge in [0.1, 0.15) is 23.4 Å². The van der Waals surface area contributed by atoms with Crippen molar-refractivity contribution in [1.82, 2.24) is 19.9 Å². The largest absolute Gasteiger partial charge is 0.377 e. The Morgan fingerprint density at radius 1 is 1.32 bits per heavy atom. The number of hydrogen-bond acceptors (Lipinski definition) is 6. The Hall–Kier alpha value is -1.79. The van der Waals surface area contributed by atoms with Gasteiger partial charge in [-0.1, -0.05) is 11.6 Å². The third-order valence-corrected chi connectivity index (χ3v) is 2.49. The number of nitrogens with zero attached hydrogens (tertiary/aromatic N) is 4. The zero-order chi connectivity index (χ0) is 13.7. The van der Waals surface area contributed by atoms with Crippen molar-refractivity contribution >= 4 is 17.4 Å². The van der Waals surface area contributed by atoms with Gasteiger partial charge in [0, 0.05) is 19.4 Å². The summed E-state index contributed by atoms with van der Waals surface area (Å²) in [5.74, 6) is 1.92. The molecule has 0 aromatic carbocycles. The van der Waals surface area contributed by atoms with Crippen molar-refractivity contribution in [2.75, 3.05) is 12.4 Å². The molecule has 0 atom stereocenters. The lowest BCUT2D eigenvalue weighted by Crippen LogP contribution is -2.07. The maximum atomic E-state index is 5.92. The van der Waals surface area contributed by atoms with Crippen LogP contribution in [-0.2, 0) is 17.9 Å². The van der Waals surface area contributed by atoms with Gasteiger partial charge in [-0.15, -0.1) is 0 Å². The molecule has 19 heavy (non-hydrogen) atoms. The number of aromatic nitrogens is 4. The molecule has 2 aromatic heterocycles. The van der Waals surface area contributed by atoms with E-state index in [4.69, 9.17) is 16.3 Å². The first-order valence-corrected chi connectivity index (χ1v) is 6.10. The van der Waals surface area contributed by atoms with Crippen LogP contribution < -0.4 is 5.32 Å². The normalized spacial score (nSPS) is 10.5. The smallest absolute Gasteiger partial charge is 0.158 e. The molecule has 0 saturated heterocycles. The van der Waals surface area contributed by atoms with Crippen LogP contribution in [0.4, 0.5) is 5.82 Å². The highest BCUT2D eigenvalue weighted by Crippen LogP contribution is 2.12. The van der Waals surface area contributed by atoms with E-state index in [0.717, 1.165) is 11.5 Å². The van der Waals surface area contributed by atoms with Crippen LogP contribution in [-0.4, -0.2) is 27.0 Å². The number of rotatable bonds is 5. The van der Waals surface area contributed by atoms with Crippen LogP contribution in [0.3, 0.4) is 0 Å². The topological polar surface area (TPSA) is 72.8 Å². The molecule has 100 valence electrons. The summed E-state index contributed by atoms with van der Waals surface area (Å²) in [6.45, 7) is 2.72. The van der Waals surface area contributed by atoms with E-state index in [2.05, 4.69) is 25.3 Å². The highest BCUT2D eigenvalue weighted by atomic mass is 35.5. The molecule has 0 spiro atoms. The van der Waals surface area contributed by atoms with Crippen LogP contribution >= 0.6 is 11.6 Å². The molecule has 0 radical (unpaired) electrons. The minimum Gasteiger partial charge on any atom is -0.377 e. The van der Waals surface area contributed by atoms with Crippen molar-refractivity contribution in [2.24, 2.45) is 0 Å². The Balaban J connectivity index is 2.06. The maximum absolute atomic E-state index is 5.92. The second-order valence-corrected chi connectivity index (χ2v) is 4.26. The molecule has 1 N–H and O–H groups in total. The van der Waals surface area contributed by atoms with Gasteiger partial charge >= 0.3 is 0 Å². The minimum atomic E-state index is 0.321. The van der Waals surface area contributed by atoms with Crippen LogP contribution in [0.2, 0.25) is 5.15 Å². The highest BCUT2D eigenvalue weighted by molar-refractivity contribution is 6.29. The van der Waals surface area contributed by atoms with Crippen LogP contribution in [0, 0.1) is 6.92 Å². The van der Waals surface area contributed by atoms with Crippen molar-refractivity contribution in [3.63, 3.8) is 0 Å². The third kappa shape index (κ3) is 4.11. The van der Waals surface area contributed by atoms with Crippen LogP contribution in [0.1, 0.15) is 17.3 Å². The van der Waals surface area contributed by atoms with E-state index < -0.39 is 0 Å². The SMILES string of the molecule is COCc1nc(Cl)cc(NCc2ccnc(C)n2)n1. The van der Waals surface area contributed by atoms with Crippen LogP contribution in [0.15, 0.2) is 18.3 Å². The molecule has 0 bridgehead atoms. The van der Waals surface area contributed by atoms with Crippen molar-refractivity contribution in [3.8, 4) is 0 Å². The van der Waals surface area contributed by atoms with Crippen LogP contribution in [0.5, 0.6) is 0 Å². The fraction of sp³-hybridized carbons (Fsp3) is 0.333. The Morgan fingerprint density at radius 3 is 2.89 bits per heavy atom. The number of nitrogens with one attached hydrogen (secondary N) is 1. The Bertz CT molecular complexity index is 564. The van der Waals surface area contributed by atoms with Crippen LogP contribution in [0.25, 0.3) is 0 Å². The van der Waals surface area contributed by atoms with Crippen molar-refractivity contribution in [2.45, 2.75) is 20.1 Å². The first-order valence-electron chi connectivity index (χ1n) is 5.72. The van der Waals surface area contributed by atoms with E-state index in [1.807, 2.05) is 13.0 Å². The zero-order valence-electron chi connectivity index (χ0n) is 10.7. The molecular weight excluding hydrogens is 266 g/mol. The minimum absolute atomic E-state index is 0.321. The summed E-state index contributed by atoms with van der Waals surface area (Å²) in [5.41, 5.74) is 0.885. The molecule has 0 aliphatic carbocycles. The van der Waals surface area contributed by atoms with E-state index in [1.54, 1.807) is 19.4 Å². The lowest BCUT2D eigenvalue weighted by atomic mass is 10.4. The summed E-state index contributed by atoms with van der Waals surface area (Å²) >= 11 is 5.92. The Morgan fingerprint density at radius 2 is 2.16 bits per heavy atom. The Labute approximate surface area is 116 Å². The summed E-state index contributed by atoms with van der Waals surface area (Å²) in [4.78, 5) is 16.7. The first-order chi connectivity index (χ1) is 9.17. The standard InChI is InChI=1S/C12H14ClN5O/c1-8-14-4-3-9(16-8)6-15-11-5-10(13)17-12(18-11)7-19-2/h3-5H,6-7H2,1-2H3,(H,15,17,18). The fourth-order valence-corrected chi connectivity index (χ4v) is 1.73. The second kappa shape index (κ2) is 6.40. The van der Waals surface area contributed by atoms with E-state index in [0.29, 0.717) is 29.9 Å². The number of methoxy groups -OCH3 is 1. The van der Waals surface area contributed by atoms with Gasteiger partial charge in [0.25, 0.3) is 0 Å². The monoisotopic (exact) mass is 279 g/mol. The molecule has 0 amide bonds. The predicted molar refractivity (Wildman–Crippen MR) is 71.9 cm³/mol. The lowest BCUT2D eigenvalue weighted by Gasteiger charge is -2.07. The van der Waals surface area contributed by atoms with E-state index in [1.165, 1.54) is 0 Å². The number of ether oxygens (including phenoxy) is 1. The third-order valence-electron chi connectivity index (χ3n) is 2.30. The molecule has 0 aliphatic rings. The van der Waals surface area contributed by atoms with Gasteiger partial charge in [0.15, 0.2) is 5.82 Å². The van der Waals surface area contributed by atoms with Crippen molar-refractivity contribution in [1.29, 1.82) is 0 Å². The zero-order valence-corrected chi connectivity index (χ0v) is 11.5. The van der Waals surface area contributed by atoms with E-state index in [9.17, 15) is 0 Å². The number of anilines is 1. The van der Waals surface area contributed by atoms with Gasteiger partial charge in [0.2, 0.25) is 0 Å². The van der Waals surface area contributed by atoms with E-state index in [-0.39, 0.29) is 0 Å². The van der Waals surface area contributed by atoms with Gasteiger partial charge < -0.3 is 10.1 Å². The second-order valence-electron chi connectivity index (χ2n) is 3.87. The molecule has 0 unspecified atom stereocenters. The summed E-state index contributed by atoms with van der Waals surface area (Å²) < 4.78 is 4.98. The highest BCUT2D eigenvalue weighted by Gasteiger charge is 2.03. The molecule has 7 heteroatoms. The first kappa shape index (κ1) is 13.6. The van der Waals surface area contributed by atoms with E-state index >= 15 is 0 Å². The Kier molecular flexibility index (Phi) is 4.59. The summed E-state index contributed by atoms with van der Waals surface area (Å²) in [6, 6.07) is 3.51. The van der Waals surface area contributed by atoms with Gasteiger partial charge in [-0.05, 0) is 13.0 Å². The molecule has 0 saturated carbocycles. The molecule has 0 fully saturated rings.